The number of hydrogen-bond donors (Lipinski definition) is 0. The van der Waals surface area contributed by atoms with E-state index in [9.17, 15) is 14.4 Å². The van der Waals surface area contributed by atoms with Gasteiger partial charge in [0.05, 0.1) is 6.61 Å². The molecule has 0 aromatic rings. The lowest BCUT2D eigenvalue weighted by molar-refractivity contribution is -0.151. The number of hydrogen-bond acceptors (Lipinski definition) is 7. The van der Waals surface area contributed by atoms with Gasteiger partial charge in [-0.25, -0.2) is 9.69 Å². The Morgan fingerprint density at radius 2 is 0.933 bits per heavy atom. The van der Waals surface area contributed by atoms with Crippen molar-refractivity contribution >= 4 is 18.5 Å². The third-order valence-corrected chi connectivity index (χ3v) is 7.85. The van der Waals surface area contributed by atoms with Gasteiger partial charge >= 0.3 is 12.1 Å². The molecule has 0 aliphatic rings. The average Bonchev–Trinajstić information content (AvgIpc) is 3.03. The van der Waals surface area contributed by atoms with Crippen molar-refractivity contribution in [3.63, 3.8) is 0 Å². The fourth-order valence-electron chi connectivity index (χ4n) is 4.96. The number of nitrogens with zero attached hydrogens (tertiary/aromatic N) is 2. The van der Waals surface area contributed by atoms with Crippen molar-refractivity contribution < 1.29 is 28.6 Å². The van der Waals surface area contributed by atoms with Gasteiger partial charge in [-0.3, -0.25) is 9.59 Å². The third-order valence-electron chi connectivity index (χ3n) is 7.85. The molecule has 0 fully saturated rings. The Labute approximate surface area is 278 Å². The van der Waals surface area contributed by atoms with Crippen LogP contribution in [-0.4, -0.2) is 69.0 Å². The molecule has 8 nitrogen and oxygen atoms in total. The standard InChI is InChI=1S/C23H44N2O6.C14H30/c1-4-5-6-7-8-9-10-11-12-13-14-16-22(27)31-20-25(19-29-21-26)23(28)30-18-15-17-24(2)3;1-3-5-7-9-11-13-14-12-10-8-6-4-2/h21H,4-20H2,1-3H3;3-14H2,1-2H3. The Morgan fingerprint density at radius 1 is 0.533 bits per heavy atom. The second kappa shape index (κ2) is 38.4. The van der Waals surface area contributed by atoms with E-state index in [-0.39, 0.29) is 32.5 Å². The molecule has 0 saturated heterocycles. The van der Waals surface area contributed by atoms with Crippen LogP contribution in [0.3, 0.4) is 0 Å². The number of ether oxygens (including phenoxy) is 3. The summed E-state index contributed by atoms with van der Waals surface area (Å²) in [5.74, 6) is -0.368. The van der Waals surface area contributed by atoms with Gasteiger partial charge in [-0.15, -0.1) is 0 Å². The molecule has 0 unspecified atom stereocenters. The van der Waals surface area contributed by atoms with Crippen molar-refractivity contribution in [1.29, 1.82) is 0 Å². The Balaban J connectivity index is 0. The third kappa shape index (κ3) is 38.3. The molecule has 0 N–H and O–H groups in total. The first kappa shape index (κ1) is 45.3. The molecule has 0 aromatic carbocycles. The van der Waals surface area contributed by atoms with E-state index >= 15 is 0 Å². The predicted molar refractivity (Wildman–Crippen MR) is 187 cm³/mol. The van der Waals surface area contributed by atoms with E-state index in [1.165, 1.54) is 128 Å². The lowest BCUT2D eigenvalue weighted by atomic mass is 10.1. The fraction of sp³-hybridized carbons (Fsp3) is 0.919. The van der Waals surface area contributed by atoms with Gasteiger partial charge in [-0.05, 0) is 26.9 Å². The van der Waals surface area contributed by atoms with Crippen LogP contribution in [-0.2, 0) is 23.8 Å². The minimum atomic E-state index is -0.678. The second-order valence-electron chi connectivity index (χ2n) is 12.7. The zero-order valence-electron chi connectivity index (χ0n) is 30.4. The summed E-state index contributed by atoms with van der Waals surface area (Å²) in [6.07, 6.45) is 31.1. The van der Waals surface area contributed by atoms with Gasteiger partial charge in [0.15, 0.2) is 13.5 Å². The highest BCUT2D eigenvalue weighted by atomic mass is 16.6. The number of rotatable bonds is 32. The van der Waals surface area contributed by atoms with Crippen molar-refractivity contribution in [2.45, 2.75) is 181 Å². The van der Waals surface area contributed by atoms with E-state index < -0.39 is 6.09 Å². The van der Waals surface area contributed by atoms with Crippen LogP contribution in [0.1, 0.15) is 181 Å². The average molecular weight is 643 g/mol. The monoisotopic (exact) mass is 643 g/mol. The molecule has 0 aliphatic heterocycles. The summed E-state index contributed by atoms with van der Waals surface area (Å²) < 4.78 is 14.9. The SMILES string of the molecule is CCCCCCCCCCCCCC.CCCCCCCCCCCCCC(=O)OCN(COC=O)C(=O)OCCCN(C)C. The first-order chi connectivity index (χ1) is 21.9. The highest BCUT2D eigenvalue weighted by molar-refractivity contribution is 5.70. The molecule has 0 aromatic heterocycles. The quantitative estimate of drug-likeness (QED) is 0.0237. The number of unbranched alkanes of at least 4 members (excludes halogenated alkanes) is 21. The fourth-order valence-corrected chi connectivity index (χ4v) is 4.96. The molecular formula is C37H74N2O6. The highest BCUT2D eigenvalue weighted by Gasteiger charge is 2.17. The minimum Gasteiger partial charge on any atom is -0.449 e. The van der Waals surface area contributed by atoms with Crippen LogP contribution in [0, 0.1) is 0 Å². The Morgan fingerprint density at radius 3 is 1.31 bits per heavy atom. The number of carbonyl (C=O) groups excluding carboxylic acids is 3. The molecular weight excluding hydrogens is 568 g/mol. The van der Waals surface area contributed by atoms with Crippen LogP contribution in [0.4, 0.5) is 4.79 Å². The van der Waals surface area contributed by atoms with Crippen LogP contribution < -0.4 is 0 Å². The summed E-state index contributed by atoms with van der Waals surface area (Å²) in [6.45, 7) is 7.45. The number of carbonyl (C=O) groups is 3. The molecule has 0 aliphatic carbocycles. The van der Waals surface area contributed by atoms with Crippen LogP contribution in [0.5, 0.6) is 0 Å². The Bertz CT molecular complexity index is 620. The van der Waals surface area contributed by atoms with E-state index in [1.54, 1.807) is 0 Å². The molecule has 45 heavy (non-hydrogen) atoms. The van der Waals surface area contributed by atoms with Crippen LogP contribution in [0.15, 0.2) is 0 Å². The zero-order valence-corrected chi connectivity index (χ0v) is 30.4. The van der Waals surface area contributed by atoms with E-state index in [4.69, 9.17) is 9.47 Å². The maximum absolute atomic E-state index is 12.1. The van der Waals surface area contributed by atoms with Gasteiger partial charge < -0.3 is 19.1 Å². The summed E-state index contributed by atoms with van der Waals surface area (Å²) in [5, 5.41) is 0. The number of amides is 1. The van der Waals surface area contributed by atoms with Gasteiger partial charge in [0, 0.05) is 13.0 Å². The lowest BCUT2D eigenvalue weighted by Gasteiger charge is -2.20. The highest BCUT2D eigenvalue weighted by Crippen LogP contribution is 2.13. The van der Waals surface area contributed by atoms with Gasteiger partial charge in [-0.2, -0.15) is 0 Å². The molecule has 0 rings (SSSR count). The first-order valence-electron chi connectivity index (χ1n) is 18.7. The maximum atomic E-state index is 12.1. The number of esters is 1. The second-order valence-corrected chi connectivity index (χ2v) is 12.7. The summed E-state index contributed by atoms with van der Waals surface area (Å²) in [7, 11) is 3.86. The van der Waals surface area contributed by atoms with Crippen molar-refractivity contribution in [2.24, 2.45) is 0 Å². The Hall–Kier alpha value is -1.83. The normalized spacial score (nSPS) is 10.7. The van der Waals surface area contributed by atoms with Crippen molar-refractivity contribution in [2.75, 3.05) is 40.7 Å². The van der Waals surface area contributed by atoms with Gasteiger partial charge in [0.2, 0.25) is 0 Å². The molecule has 0 radical (unpaired) electrons. The maximum Gasteiger partial charge on any atom is 0.415 e. The molecule has 0 saturated carbocycles. The first-order valence-corrected chi connectivity index (χ1v) is 18.7. The van der Waals surface area contributed by atoms with Gasteiger partial charge in [-0.1, -0.05) is 162 Å². The molecule has 0 heterocycles. The molecule has 1 amide bonds. The van der Waals surface area contributed by atoms with E-state index in [1.807, 2.05) is 19.0 Å². The topological polar surface area (TPSA) is 85.4 Å². The van der Waals surface area contributed by atoms with Crippen LogP contribution >= 0.6 is 0 Å². The zero-order chi connectivity index (χ0) is 33.6. The van der Waals surface area contributed by atoms with Crippen molar-refractivity contribution in [3.05, 3.63) is 0 Å². The van der Waals surface area contributed by atoms with Crippen molar-refractivity contribution in [1.82, 2.24) is 9.80 Å². The Kier molecular flexibility index (Phi) is 38.6. The summed E-state index contributed by atoms with van der Waals surface area (Å²) >= 11 is 0. The summed E-state index contributed by atoms with van der Waals surface area (Å²) in [5.41, 5.74) is 0. The van der Waals surface area contributed by atoms with Crippen LogP contribution in [0.2, 0.25) is 0 Å². The van der Waals surface area contributed by atoms with Crippen LogP contribution in [0.25, 0.3) is 0 Å². The molecule has 0 spiro atoms. The van der Waals surface area contributed by atoms with E-state index in [0.29, 0.717) is 12.8 Å². The largest absolute Gasteiger partial charge is 0.449 e. The smallest absolute Gasteiger partial charge is 0.415 e. The summed E-state index contributed by atoms with van der Waals surface area (Å²) in [4.78, 5) is 37.4. The lowest BCUT2D eigenvalue weighted by Crippen LogP contribution is -2.36. The van der Waals surface area contributed by atoms with Gasteiger partial charge in [0.25, 0.3) is 6.47 Å². The molecule has 268 valence electrons. The van der Waals surface area contributed by atoms with Gasteiger partial charge in [0.1, 0.15) is 0 Å². The van der Waals surface area contributed by atoms with Crippen molar-refractivity contribution in [3.8, 4) is 0 Å². The summed E-state index contributed by atoms with van der Waals surface area (Å²) in [6, 6.07) is 0. The predicted octanol–water partition coefficient (Wildman–Crippen LogP) is 10.4. The van der Waals surface area contributed by atoms with E-state index in [0.717, 1.165) is 30.7 Å². The minimum absolute atomic E-state index is 0.235. The molecule has 8 heteroatoms. The van der Waals surface area contributed by atoms with E-state index in [2.05, 4.69) is 25.5 Å². The molecule has 0 bridgehead atoms. The molecule has 0 atom stereocenters.